The van der Waals surface area contributed by atoms with Gasteiger partial charge in [0, 0.05) is 5.41 Å². The highest BCUT2D eigenvalue weighted by Gasteiger charge is 2.24. The molecule has 0 aromatic heterocycles. The second-order valence-corrected chi connectivity index (χ2v) is 6.09. The molecule has 2 nitrogen and oxygen atoms in total. The number of hydrogen-bond donors (Lipinski definition) is 1. The Hall–Kier alpha value is -2.48. The van der Waals surface area contributed by atoms with Gasteiger partial charge in [-0.05, 0) is 41.3 Å². The Morgan fingerprint density at radius 3 is 2.26 bits per heavy atom. The summed E-state index contributed by atoms with van der Waals surface area (Å²) in [5, 5.41) is 9.49. The third-order valence-corrected chi connectivity index (χ3v) is 4.09. The van der Waals surface area contributed by atoms with E-state index in [0.717, 1.165) is 23.3 Å². The molecule has 2 heteroatoms. The quantitative estimate of drug-likeness (QED) is 0.728. The molecule has 0 radical (unpaired) electrons. The van der Waals surface area contributed by atoms with Crippen LogP contribution in [-0.2, 0) is 11.8 Å². The molecule has 1 N–H and O–H groups in total. The number of phenols is 1. The van der Waals surface area contributed by atoms with Crippen molar-refractivity contribution in [2.24, 2.45) is 0 Å². The van der Waals surface area contributed by atoms with Crippen molar-refractivity contribution in [3.63, 3.8) is 0 Å². The summed E-state index contributed by atoms with van der Waals surface area (Å²) in [6.07, 6.45) is 4.38. The van der Waals surface area contributed by atoms with Crippen molar-refractivity contribution in [2.45, 2.75) is 25.7 Å². The van der Waals surface area contributed by atoms with Gasteiger partial charge in [-0.2, -0.15) is 0 Å². The summed E-state index contributed by atoms with van der Waals surface area (Å²) in [6.45, 7) is 12.4. The Morgan fingerprint density at radius 2 is 1.65 bits per heavy atom. The van der Waals surface area contributed by atoms with E-state index in [1.807, 2.05) is 24.3 Å². The molecule has 2 aromatic carbocycles. The van der Waals surface area contributed by atoms with Crippen LogP contribution in [0, 0.1) is 0 Å². The molecular weight excluding hydrogens is 284 g/mol. The fourth-order valence-electron chi connectivity index (χ4n) is 2.62. The fourth-order valence-corrected chi connectivity index (χ4v) is 2.62. The summed E-state index contributed by atoms with van der Waals surface area (Å²) >= 11 is 0. The third kappa shape index (κ3) is 3.84. The molecular formula is C21H24O2. The van der Waals surface area contributed by atoms with E-state index in [1.54, 1.807) is 18.2 Å². The van der Waals surface area contributed by atoms with Crippen LogP contribution in [0.5, 0.6) is 11.5 Å². The minimum Gasteiger partial charge on any atom is -0.508 e. The lowest BCUT2D eigenvalue weighted by Crippen LogP contribution is -2.19. The average molecular weight is 308 g/mol. The van der Waals surface area contributed by atoms with E-state index in [-0.39, 0.29) is 11.2 Å². The zero-order valence-electron chi connectivity index (χ0n) is 13.9. The Kier molecular flexibility index (Phi) is 5.28. The second-order valence-electron chi connectivity index (χ2n) is 6.09. The van der Waals surface area contributed by atoms with Crippen LogP contribution < -0.4 is 4.74 Å². The Bertz CT molecular complexity index is 681. The largest absolute Gasteiger partial charge is 0.508 e. The molecule has 0 aliphatic rings. The summed E-state index contributed by atoms with van der Waals surface area (Å²) in [7, 11) is 0. The van der Waals surface area contributed by atoms with Crippen LogP contribution in [0.4, 0.5) is 0 Å². The average Bonchev–Trinajstić information content (AvgIpc) is 2.54. The van der Waals surface area contributed by atoms with Gasteiger partial charge in [0.2, 0.25) is 0 Å². The topological polar surface area (TPSA) is 29.5 Å². The van der Waals surface area contributed by atoms with Gasteiger partial charge in [0.25, 0.3) is 0 Å². The minimum absolute atomic E-state index is 0.166. The number of ether oxygens (including phenoxy) is 1. The van der Waals surface area contributed by atoms with Crippen LogP contribution in [0.1, 0.15) is 30.5 Å². The lowest BCUT2D eigenvalue weighted by atomic mass is 9.77. The first-order valence-corrected chi connectivity index (χ1v) is 7.76. The van der Waals surface area contributed by atoms with E-state index in [0.29, 0.717) is 6.61 Å². The maximum atomic E-state index is 9.49. The monoisotopic (exact) mass is 308 g/mol. The molecule has 0 bridgehead atoms. The van der Waals surface area contributed by atoms with Crippen molar-refractivity contribution in [3.8, 4) is 11.5 Å². The number of hydrogen-bond acceptors (Lipinski definition) is 2. The van der Waals surface area contributed by atoms with Crippen LogP contribution in [0.3, 0.4) is 0 Å². The summed E-state index contributed by atoms with van der Waals surface area (Å²) in [4.78, 5) is 0. The van der Waals surface area contributed by atoms with Crippen molar-refractivity contribution >= 4 is 0 Å². The molecule has 0 spiro atoms. The molecule has 0 saturated carbocycles. The molecule has 0 heterocycles. The molecule has 2 rings (SSSR count). The highest BCUT2D eigenvalue weighted by Crippen LogP contribution is 2.35. The van der Waals surface area contributed by atoms with E-state index >= 15 is 0 Å². The van der Waals surface area contributed by atoms with Gasteiger partial charge in [-0.3, -0.25) is 0 Å². The van der Waals surface area contributed by atoms with Crippen molar-refractivity contribution in [1.82, 2.24) is 0 Å². The number of allylic oxidation sites excluding steroid dienone is 1. The van der Waals surface area contributed by atoms with E-state index in [2.05, 4.69) is 39.1 Å². The van der Waals surface area contributed by atoms with Gasteiger partial charge in [0.1, 0.15) is 18.1 Å². The second kappa shape index (κ2) is 7.19. The van der Waals surface area contributed by atoms with E-state index in [1.165, 1.54) is 5.56 Å². The number of aromatic hydroxyl groups is 1. The number of benzene rings is 2. The molecule has 0 atom stereocenters. The SMILES string of the molecule is C=CCOc1ccc(C(C)(C)c2ccc(O)cc2)cc1CC=C. The van der Waals surface area contributed by atoms with E-state index in [4.69, 9.17) is 4.74 Å². The van der Waals surface area contributed by atoms with Crippen molar-refractivity contribution in [2.75, 3.05) is 6.61 Å². The summed E-state index contributed by atoms with van der Waals surface area (Å²) < 4.78 is 5.73. The lowest BCUT2D eigenvalue weighted by Gasteiger charge is -2.27. The van der Waals surface area contributed by atoms with Gasteiger partial charge in [-0.1, -0.05) is 56.8 Å². The van der Waals surface area contributed by atoms with Gasteiger partial charge in [0.05, 0.1) is 0 Å². The first-order valence-electron chi connectivity index (χ1n) is 7.76. The molecule has 0 aliphatic carbocycles. The molecule has 0 unspecified atom stereocenters. The molecule has 2 aromatic rings. The molecule has 0 fully saturated rings. The Labute approximate surface area is 138 Å². The summed E-state index contributed by atoms with van der Waals surface area (Å²) in [6, 6.07) is 13.7. The zero-order valence-corrected chi connectivity index (χ0v) is 13.9. The molecule has 0 aliphatic heterocycles. The van der Waals surface area contributed by atoms with Crippen LogP contribution in [-0.4, -0.2) is 11.7 Å². The first-order chi connectivity index (χ1) is 11.0. The van der Waals surface area contributed by atoms with Crippen LogP contribution in [0.15, 0.2) is 67.8 Å². The van der Waals surface area contributed by atoms with Gasteiger partial charge >= 0.3 is 0 Å². The molecule has 0 amide bonds. The van der Waals surface area contributed by atoms with Crippen molar-refractivity contribution in [3.05, 3.63) is 84.5 Å². The molecule has 23 heavy (non-hydrogen) atoms. The van der Waals surface area contributed by atoms with E-state index in [9.17, 15) is 5.11 Å². The minimum atomic E-state index is -0.166. The van der Waals surface area contributed by atoms with E-state index < -0.39 is 0 Å². The number of rotatable bonds is 7. The van der Waals surface area contributed by atoms with Crippen molar-refractivity contribution in [1.29, 1.82) is 0 Å². The number of phenolic OH excluding ortho intramolecular Hbond substituents is 1. The smallest absolute Gasteiger partial charge is 0.123 e. The maximum absolute atomic E-state index is 9.49. The highest BCUT2D eigenvalue weighted by molar-refractivity contribution is 5.46. The fraction of sp³-hybridized carbons (Fsp3) is 0.238. The first kappa shape index (κ1) is 16.9. The highest BCUT2D eigenvalue weighted by atomic mass is 16.5. The molecule has 0 saturated heterocycles. The summed E-state index contributed by atoms with van der Waals surface area (Å²) in [5.74, 6) is 1.15. The standard InChI is InChI=1S/C21H24O2/c1-5-7-16-15-18(10-13-20(16)23-14-6-2)21(3,4)17-8-11-19(22)12-9-17/h5-6,8-13,15,22H,1-2,7,14H2,3-4H3. The predicted molar refractivity (Wildman–Crippen MR) is 96.3 cm³/mol. The lowest BCUT2D eigenvalue weighted by molar-refractivity contribution is 0.359. The van der Waals surface area contributed by atoms with Gasteiger partial charge in [-0.25, -0.2) is 0 Å². The molecule has 120 valence electrons. The van der Waals surface area contributed by atoms with Gasteiger partial charge < -0.3 is 9.84 Å². The summed E-state index contributed by atoms with van der Waals surface area (Å²) in [5.41, 5.74) is 3.30. The van der Waals surface area contributed by atoms with Crippen molar-refractivity contribution < 1.29 is 9.84 Å². The van der Waals surface area contributed by atoms with Gasteiger partial charge in [-0.15, -0.1) is 6.58 Å². The van der Waals surface area contributed by atoms with Crippen LogP contribution in [0.25, 0.3) is 0 Å². The van der Waals surface area contributed by atoms with Crippen LogP contribution >= 0.6 is 0 Å². The van der Waals surface area contributed by atoms with Gasteiger partial charge in [0.15, 0.2) is 0 Å². The predicted octanol–water partition coefficient (Wildman–Crippen LogP) is 5.01. The maximum Gasteiger partial charge on any atom is 0.123 e. The zero-order chi connectivity index (χ0) is 16.9. The third-order valence-electron chi connectivity index (χ3n) is 4.09. The van der Waals surface area contributed by atoms with Crippen LogP contribution in [0.2, 0.25) is 0 Å². The Balaban J connectivity index is 2.41. The Morgan fingerprint density at radius 1 is 1.00 bits per heavy atom. The normalized spacial score (nSPS) is 11.0.